The summed E-state index contributed by atoms with van der Waals surface area (Å²) < 4.78 is 15.3. The van der Waals surface area contributed by atoms with Gasteiger partial charge in [0.15, 0.2) is 0 Å². The highest BCUT2D eigenvalue weighted by Gasteiger charge is 2.39. The van der Waals surface area contributed by atoms with E-state index in [1.54, 1.807) is 187 Å². The number of nitrogens with zero attached hydrogens (tertiary/aromatic N) is 8. The first-order valence-corrected chi connectivity index (χ1v) is 35.2. The number of carboxylic acid groups (broad SMARTS) is 2. The van der Waals surface area contributed by atoms with E-state index in [1.807, 2.05) is 0 Å². The second-order valence-corrected chi connectivity index (χ2v) is 26.7. The molecular formula is C74H100N16O14. The van der Waals surface area contributed by atoms with Crippen molar-refractivity contribution in [3.63, 3.8) is 0 Å². The fraction of sp³-hybridized carbons (Fsp3) is 0.486. The van der Waals surface area contributed by atoms with E-state index in [4.69, 9.17) is 9.47 Å². The third-order valence-electron chi connectivity index (χ3n) is 18.2. The molecule has 0 radical (unpaired) electrons. The van der Waals surface area contributed by atoms with Gasteiger partial charge in [-0.1, -0.05) is 123 Å². The van der Waals surface area contributed by atoms with Gasteiger partial charge in [0, 0.05) is 89.9 Å². The van der Waals surface area contributed by atoms with E-state index in [-0.39, 0.29) is 64.8 Å². The van der Waals surface area contributed by atoms with Crippen LogP contribution in [0.4, 0.5) is 0 Å². The van der Waals surface area contributed by atoms with Gasteiger partial charge in [-0.3, -0.25) is 47.7 Å². The summed E-state index contributed by atoms with van der Waals surface area (Å²) in [5, 5.41) is 60.7. The molecule has 4 aromatic carbocycles. The van der Waals surface area contributed by atoms with Crippen molar-refractivity contribution in [3.05, 3.63) is 155 Å². The maximum atomic E-state index is 14.8. The predicted octanol–water partition coefficient (Wildman–Crippen LogP) is 2.22. The molecule has 6 heterocycles. The number of amides is 8. The number of likely N-dealkylation sites (N-methyl/N-ethyl adjacent to an activating group) is 2. The molecule has 0 saturated carbocycles. The number of benzene rings is 4. The molecule has 0 unspecified atom stereocenters. The summed E-state index contributed by atoms with van der Waals surface area (Å²) in [6.45, 7) is 14.4. The topological polar surface area (TPSA) is 394 Å². The van der Waals surface area contributed by atoms with E-state index < -0.39 is 131 Å². The monoisotopic (exact) mass is 1440 g/mol. The van der Waals surface area contributed by atoms with Crippen molar-refractivity contribution < 1.29 is 67.6 Å². The molecule has 0 spiro atoms. The zero-order valence-corrected chi connectivity index (χ0v) is 60.7. The number of aliphatic carboxylic acids is 2. The van der Waals surface area contributed by atoms with Crippen molar-refractivity contribution >= 4 is 59.2 Å². The van der Waals surface area contributed by atoms with E-state index in [0.717, 1.165) is 0 Å². The van der Waals surface area contributed by atoms with Crippen molar-refractivity contribution in [1.82, 2.24) is 82.3 Å². The number of rotatable bonds is 16. The van der Waals surface area contributed by atoms with Crippen LogP contribution in [0.25, 0.3) is 0 Å². The average Bonchev–Trinajstić information content (AvgIpc) is 0.960. The summed E-state index contributed by atoms with van der Waals surface area (Å²) in [4.78, 5) is 143. The average molecular weight is 1440 g/mol. The van der Waals surface area contributed by atoms with Crippen LogP contribution in [-0.2, 0) is 99.6 Å². The number of hydrogen-bond acceptors (Lipinski definition) is 18. The van der Waals surface area contributed by atoms with Crippen molar-refractivity contribution in [1.29, 1.82) is 0 Å². The van der Waals surface area contributed by atoms with Crippen LogP contribution in [0.15, 0.2) is 122 Å². The SMILES string of the molecule is CN[C@@H](C)C(=O)N[C@H](C(=O)N1CCc2cn(nn2)CCCOc2ccc(cc2)C[C@@H](C(=O)O)NC(=O)[C@H](Cc2ccccc2)NC(=O)[C@H](C)N(C(=O)[C@@H](NC(=O)[C@H](C)NC)C(C)C)CCc2cn(nn2)CCCOc2ccc(cc2)C[C@@H](C(=O)O)NC(=O)[C@H](Cc2ccccc2)NC(=O)[C@@H]1C)C(C)C. The van der Waals surface area contributed by atoms with Gasteiger partial charge in [0.05, 0.1) is 36.7 Å². The molecule has 104 heavy (non-hydrogen) atoms. The molecule has 10 N–H and O–H groups in total. The zero-order chi connectivity index (χ0) is 75.6. The van der Waals surface area contributed by atoms with Crippen LogP contribution in [0.2, 0.25) is 0 Å². The van der Waals surface area contributed by atoms with Gasteiger partial charge in [0.25, 0.3) is 0 Å². The van der Waals surface area contributed by atoms with Crippen molar-refractivity contribution in [2.45, 2.75) is 180 Å². The minimum atomic E-state index is -1.45. The molecule has 4 aliphatic heterocycles. The van der Waals surface area contributed by atoms with Crippen LogP contribution in [-0.4, -0.2) is 210 Å². The molecule has 0 aliphatic carbocycles. The molecule has 0 fully saturated rings. The summed E-state index contributed by atoms with van der Waals surface area (Å²) in [6.07, 6.45) is 4.16. The van der Waals surface area contributed by atoms with Gasteiger partial charge in [-0.2, -0.15) is 0 Å². The number of carboxylic acids is 2. The summed E-state index contributed by atoms with van der Waals surface area (Å²) in [7, 11) is 3.22. The predicted molar refractivity (Wildman–Crippen MR) is 384 cm³/mol. The number of hydrogen-bond donors (Lipinski definition) is 10. The lowest BCUT2D eigenvalue weighted by Crippen LogP contribution is -2.60. The number of carbonyl (C=O) groups excluding carboxylic acids is 8. The molecule has 8 bridgehead atoms. The van der Waals surface area contributed by atoms with Gasteiger partial charge >= 0.3 is 11.9 Å². The highest BCUT2D eigenvalue weighted by molar-refractivity contribution is 5.97. The molecule has 560 valence electrons. The third kappa shape index (κ3) is 24.3. The summed E-state index contributed by atoms with van der Waals surface area (Å²) in [5.74, 6) is -7.65. The molecular weight excluding hydrogens is 1340 g/mol. The molecule has 8 amide bonds. The smallest absolute Gasteiger partial charge is 0.326 e. The van der Waals surface area contributed by atoms with Crippen molar-refractivity contribution in [2.24, 2.45) is 11.8 Å². The maximum Gasteiger partial charge on any atom is 0.326 e. The van der Waals surface area contributed by atoms with E-state index in [2.05, 4.69) is 63.2 Å². The van der Waals surface area contributed by atoms with Gasteiger partial charge in [-0.15, -0.1) is 10.2 Å². The number of carbonyl (C=O) groups is 10. The van der Waals surface area contributed by atoms with Crippen LogP contribution in [0.1, 0.15) is 102 Å². The quantitative estimate of drug-likeness (QED) is 0.0664. The molecule has 30 heteroatoms. The Kier molecular flexibility index (Phi) is 30.8. The fourth-order valence-corrected chi connectivity index (χ4v) is 11.5. The Bertz CT molecular complexity index is 3570. The molecule has 30 nitrogen and oxygen atoms in total. The Hall–Kier alpha value is -10.6. The second kappa shape index (κ2) is 39.7. The van der Waals surface area contributed by atoms with Crippen LogP contribution in [0.5, 0.6) is 11.5 Å². The normalized spacial score (nSPS) is 20.3. The van der Waals surface area contributed by atoms with E-state index in [1.165, 1.54) is 23.6 Å². The number of aromatic nitrogens is 6. The lowest BCUT2D eigenvalue weighted by molar-refractivity contribution is -0.145. The molecule has 6 aromatic rings. The highest BCUT2D eigenvalue weighted by atomic mass is 16.5. The molecule has 4 aliphatic rings. The van der Waals surface area contributed by atoms with Crippen molar-refractivity contribution in [3.8, 4) is 11.5 Å². The maximum absolute atomic E-state index is 14.8. The van der Waals surface area contributed by atoms with Gasteiger partial charge in [-0.25, -0.2) is 9.59 Å². The van der Waals surface area contributed by atoms with E-state index >= 15 is 0 Å². The number of nitrogens with one attached hydrogen (secondary N) is 8. The minimum Gasteiger partial charge on any atom is -0.494 e. The molecule has 0 saturated heterocycles. The highest BCUT2D eigenvalue weighted by Crippen LogP contribution is 2.20. The first-order valence-electron chi connectivity index (χ1n) is 35.2. The van der Waals surface area contributed by atoms with Gasteiger partial charge in [-0.05, 0) is 100 Å². The first-order chi connectivity index (χ1) is 49.7. The van der Waals surface area contributed by atoms with Crippen LogP contribution in [0.3, 0.4) is 0 Å². The standard InChI is InChI=1S/C74H100N16O14/c1-45(2)63(81-65(91)47(5)75-9)71(97)89-35-31-55-43-87(85-83-55)33-17-37-103-57-29-25-54(26-30-57)42-62(74(101)102)80-70(96)60(40-52-21-15-12-16-22-52)78-68(94)50(8)90(72(98)64(46(3)4)82-66(92)48(6)76-10)36-32-56-44-88(86-84-56)34-18-38-104-58-27-23-53(24-28-58)41-61(73(99)100)79-69(95)59(77-67(93)49(89)7)39-51-19-13-11-14-20-51/h11-16,19-30,43-50,59-64,75-76H,17-18,31-42H2,1-10H3,(H,77,93)(H,78,94)(H,79,95)(H,80,96)(H,81,91)(H,82,92)(H,99,100)(H,101,102)/t47-,48-,49-,50-,59-,60-,61-,62-,63-,64-/m0/s1. The third-order valence-corrected chi connectivity index (χ3v) is 18.2. The number of ether oxygens (including phenoxy) is 2. The Labute approximate surface area is 605 Å². The summed E-state index contributed by atoms with van der Waals surface area (Å²) in [6, 6.07) is 19.6. The van der Waals surface area contributed by atoms with E-state index in [0.29, 0.717) is 71.1 Å². The Morgan fingerprint density at radius 3 is 1.18 bits per heavy atom. The first kappa shape index (κ1) is 80.7. The zero-order valence-electron chi connectivity index (χ0n) is 60.7. The largest absolute Gasteiger partial charge is 0.494 e. The Morgan fingerprint density at radius 2 is 0.856 bits per heavy atom. The molecule has 2 aromatic heterocycles. The van der Waals surface area contributed by atoms with Crippen molar-refractivity contribution in [2.75, 3.05) is 40.4 Å². The van der Waals surface area contributed by atoms with Gasteiger partial charge < -0.3 is 72.0 Å². The Balaban J connectivity index is 1.16. The number of aryl methyl sites for hydroxylation is 2. The molecule has 10 atom stereocenters. The minimum absolute atomic E-state index is 0.0447. The summed E-state index contributed by atoms with van der Waals surface area (Å²) >= 11 is 0. The van der Waals surface area contributed by atoms with Crippen LogP contribution < -0.4 is 52.0 Å². The summed E-state index contributed by atoms with van der Waals surface area (Å²) in [5.41, 5.74) is 3.35. The lowest BCUT2D eigenvalue weighted by atomic mass is 10.0. The lowest BCUT2D eigenvalue weighted by Gasteiger charge is -2.34. The fourth-order valence-electron chi connectivity index (χ4n) is 11.5. The van der Waals surface area contributed by atoms with Gasteiger partial charge in [0.1, 0.15) is 59.8 Å². The van der Waals surface area contributed by atoms with Gasteiger partial charge in [0.2, 0.25) is 47.3 Å². The second-order valence-electron chi connectivity index (χ2n) is 26.7. The van der Waals surface area contributed by atoms with E-state index in [9.17, 15) is 58.2 Å². The molecule has 10 rings (SSSR count). The van der Waals surface area contributed by atoms with Crippen LogP contribution >= 0.6 is 0 Å². The Morgan fingerprint density at radius 1 is 0.500 bits per heavy atom. The van der Waals surface area contributed by atoms with Crippen LogP contribution in [0, 0.1) is 11.8 Å².